The van der Waals surface area contributed by atoms with Gasteiger partial charge in [-0.1, -0.05) is 60.1 Å². The molecule has 152 valence electrons. The molecule has 0 saturated heterocycles. The van der Waals surface area contributed by atoms with Crippen LogP contribution >= 0.6 is 11.6 Å². The van der Waals surface area contributed by atoms with E-state index in [1.54, 1.807) is 6.07 Å². The minimum Gasteiger partial charge on any atom is -0.481 e. The van der Waals surface area contributed by atoms with Gasteiger partial charge in [0.05, 0.1) is 17.5 Å². The molecule has 4 rings (SSSR count). The van der Waals surface area contributed by atoms with Crippen molar-refractivity contribution < 1.29 is 19.4 Å². The number of hydrogen-bond acceptors (Lipinski definition) is 4. The molecule has 0 bridgehead atoms. The molecule has 0 saturated carbocycles. The Morgan fingerprint density at radius 3 is 2.30 bits per heavy atom. The number of hydrogen-bond donors (Lipinski definition) is 2. The lowest BCUT2D eigenvalue weighted by molar-refractivity contribution is -0.137. The molecular weight excluding hydrogens is 404 g/mol. The first-order chi connectivity index (χ1) is 14.5. The van der Waals surface area contributed by atoms with Crippen molar-refractivity contribution >= 4 is 23.7 Å². The average molecular weight is 423 g/mol. The maximum atomic E-state index is 12.5. The number of ether oxygens (including phenoxy) is 1. The molecule has 2 aromatic carbocycles. The Kier molecular flexibility index (Phi) is 5.68. The Morgan fingerprint density at radius 2 is 1.70 bits per heavy atom. The van der Waals surface area contributed by atoms with Crippen molar-refractivity contribution in [2.45, 2.75) is 18.4 Å². The van der Waals surface area contributed by atoms with Crippen LogP contribution in [0.15, 0.2) is 67.0 Å². The van der Waals surface area contributed by atoms with Crippen LogP contribution < -0.4 is 5.32 Å². The van der Waals surface area contributed by atoms with Crippen LogP contribution in [-0.4, -0.2) is 28.8 Å². The number of pyridine rings is 1. The van der Waals surface area contributed by atoms with Gasteiger partial charge in [0.25, 0.3) is 0 Å². The van der Waals surface area contributed by atoms with Gasteiger partial charge in [-0.15, -0.1) is 0 Å². The highest BCUT2D eigenvalue weighted by atomic mass is 35.5. The van der Waals surface area contributed by atoms with E-state index in [9.17, 15) is 14.7 Å². The van der Waals surface area contributed by atoms with Gasteiger partial charge in [0.15, 0.2) is 0 Å². The van der Waals surface area contributed by atoms with Gasteiger partial charge in [0, 0.05) is 18.3 Å². The van der Waals surface area contributed by atoms with Gasteiger partial charge in [0.1, 0.15) is 6.61 Å². The van der Waals surface area contributed by atoms with Crippen LogP contribution in [0.2, 0.25) is 5.02 Å². The third kappa shape index (κ3) is 4.14. The number of alkyl carbamates (subject to hydrolysis) is 1. The fraction of sp³-hybridized carbons (Fsp3) is 0.174. The number of nitrogens with zero attached hydrogens (tertiary/aromatic N) is 1. The molecule has 1 amide bonds. The van der Waals surface area contributed by atoms with E-state index < -0.39 is 18.1 Å². The molecule has 30 heavy (non-hydrogen) atoms. The van der Waals surface area contributed by atoms with Crippen LogP contribution in [0.25, 0.3) is 11.1 Å². The Morgan fingerprint density at radius 1 is 1.07 bits per heavy atom. The first-order valence-electron chi connectivity index (χ1n) is 9.46. The number of carboxylic acid groups (broad SMARTS) is 1. The van der Waals surface area contributed by atoms with Gasteiger partial charge in [-0.05, 0) is 33.9 Å². The number of amides is 1. The molecule has 1 aromatic heterocycles. The SMILES string of the molecule is O=C(O)C[C@H](NC(=O)OCC1c2ccccc2-c2ccccc21)c1cncc(Cl)c1. The number of aliphatic carboxylic acids is 1. The number of halogens is 1. The zero-order valence-electron chi connectivity index (χ0n) is 15.9. The number of rotatable bonds is 6. The molecule has 7 heteroatoms. The maximum Gasteiger partial charge on any atom is 0.407 e. The lowest BCUT2D eigenvalue weighted by atomic mass is 9.98. The molecule has 3 aromatic rings. The quantitative estimate of drug-likeness (QED) is 0.596. The second-order valence-corrected chi connectivity index (χ2v) is 7.49. The summed E-state index contributed by atoms with van der Waals surface area (Å²) < 4.78 is 5.51. The Balaban J connectivity index is 1.48. The predicted octanol–water partition coefficient (Wildman–Crippen LogP) is 4.79. The Hall–Kier alpha value is -3.38. The normalized spacial score (nSPS) is 13.2. The van der Waals surface area contributed by atoms with E-state index in [2.05, 4.69) is 22.4 Å². The molecule has 0 aliphatic heterocycles. The average Bonchev–Trinajstić information content (AvgIpc) is 3.05. The summed E-state index contributed by atoms with van der Waals surface area (Å²) >= 11 is 5.95. The van der Waals surface area contributed by atoms with Crippen molar-refractivity contribution in [3.05, 3.63) is 88.7 Å². The van der Waals surface area contributed by atoms with Crippen molar-refractivity contribution in [1.29, 1.82) is 0 Å². The minimum atomic E-state index is -1.06. The predicted molar refractivity (Wildman–Crippen MR) is 112 cm³/mol. The fourth-order valence-electron chi connectivity index (χ4n) is 3.83. The summed E-state index contributed by atoms with van der Waals surface area (Å²) in [6, 6.07) is 16.9. The summed E-state index contributed by atoms with van der Waals surface area (Å²) in [5.41, 5.74) is 4.98. The molecule has 1 aliphatic rings. The molecule has 1 aliphatic carbocycles. The molecule has 0 fully saturated rings. The van der Waals surface area contributed by atoms with Crippen LogP contribution in [0.3, 0.4) is 0 Å². The summed E-state index contributed by atoms with van der Waals surface area (Å²) in [4.78, 5) is 27.7. The first-order valence-corrected chi connectivity index (χ1v) is 9.84. The number of nitrogens with one attached hydrogen (secondary N) is 1. The van der Waals surface area contributed by atoms with Gasteiger partial charge in [-0.2, -0.15) is 0 Å². The lowest BCUT2D eigenvalue weighted by Crippen LogP contribution is -2.31. The van der Waals surface area contributed by atoms with Gasteiger partial charge in [-0.3, -0.25) is 9.78 Å². The van der Waals surface area contributed by atoms with Crippen molar-refractivity contribution in [3.63, 3.8) is 0 Å². The van der Waals surface area contributed by atoms with Crippen molar-refractivity contribution in [2.24, 2.45) is 0 Å². The van der Waals surface area contributed by atoms with Crippen LogP contribution in [-0.2, 0) is 9.53 Å². The van der Waals surface area contributed by atoms with E-state index in [-0.39, 0.29) is 18.9 Å². The van der Waals surface area contributed by atoms with Crippen LogP contribution in [0.5, 0.6) is 0 Å². The minimum absolute atomic E-state index is 0.0751. The summed E-state index contributed by atoms with van der Waals surface area (Å²) in [6.45, 7) is 0.146. The molecule has 2 N–H and O–H groups in total. The Labute approximate surface area is 178 Å². The standard InChI is InChI=1S/C23H19ClN2O4/c24-15-9-14(11-25-12-15)21(10-22(27)28)26-23(29)30-13-20-18-7-3-1-5-16(18)17-6-2-4-8-19(17)20/h1-9,11-12,20-21H,10,13H2,(H,26,29)(H,27,28)/t21-/m0/s1. The van der Waals surface area contributed by atoms with E-state index in [4.69, 9.17) is 16.3 Å². The number of carboxylic acids is 1. The smallest absolute Gasteiger partial charge is 0.407 e. The zero-order valence-corrected chi connectivity index (χ0v) is 16.7. The number of carbonyl (C=O) groups excluding carboxylic acids is 1. The highest BCUT2D eigenvalue weighted by Crippen LogP contribution is 2.44. The highest BCUT2D eigenvalue weighted by molar-refractivity contribution is 6.30. The first kappa shape index (κ1) is 19.9. The van der Waals surface area contributed by atoms with E-state index in [1.807, 2.05) is 36.4 Å². The van der Waals surface area contributed by atoms with Crippen molar-refractivity contribution in [2.75, 3.05) is 6.61 Å². The van der Waals surface area contributed by atoms with E-state index in [1.165, 1.54) is 12.4 Å². The molecule has 1 atom stereocenters. The largest absolute Gasteiger partial charge is 0.481 e. The van der Waals surface area contributed by atoms with E-state index in [0.717, 1.165) is 22.3 Å². The molecular formula is C23H19ClN2O4. The number of carbonyl (C=O) groups is 2. The van der Waals surface area contributed by atoms with E-state index in [0.29, 0.717) is 10.6 Å². The summed E-state index contributed by atoms with van der Waals surface area (Å²) in [7, 11) is 0. The molecule has 0 unspecified atom stereocenters. The van der Waals surface area contributed by atoms with Gasteiger partial charge in [0.2, 0.25) is 0 Å². The molecule has 6 nitrogen and oxygen atoms in total. The second-order valence-electron chi connectivity index (χ2n) is 7.06. The fourth-order valence-corrected chi connectivity index (χ4v) is 4.01. The molecule has 0 radical (unpaired) electrons. The number of aromatic nitrogens is 1. The van der Waals surface area contributed by atoms with Crippen molar-refractivity contribution in [3.8, 4) is 11.1 Å². The van der Waals surface area contributed by atoms with Gasteiger partial charge in [-0.25, -0.2) is 4.79 Å². The summed E-state index contributed by atoms with van der Waals surface area (Å²) in [6.07, 6.45) is 1.91. The van der Waals surface area contributed by atoms with Gasteiger partial charge < -0.3 is 15.2 Å². The van der Waals surface area contributed by atoms with Gasteiger partial charge >= 0.3 is 12.1 Å². The van der Waals surface area contributed by atoms with Crippen LogP contribution in [0.1, 0.15) is 35.1 Å². The van der Waals surface area contributed by atoms with Crippen LogP contribution in [0.4, 0.5) is 4.79 Å². The number of benzene rings is 2. The monoisotopic (exact) mass is 422 g/mol. The second kappa shape index (κ2) is 8.55. The van der Waals surface area contributed by atoms with Crippen LogP contribution in [0, 0.1) is 0 Å². The van der Waals surface area contributed by atoms with E-state index >= 15 is 0 Å². The molecule has 0 spiro atoms. The lowest BCUT2D eigenvalue weighted by Gasteiger charge is -2.19. The highest BCUT2D eigenvalue weighted by Gasteiger charge is 2.29. The van der Waals surface area contributed by atoms with Crippen molar-refractivity contribution in [1.82, 2.24) is 10.3 Å². The topological polar surface area (TPSA) is 88.5 Å². The maximum absolute atomic E-state index is 12.5. The number of fused-ring (bicyclic) bond motifs is 3. The summed E-state index contributed by atoms with van der Waals surface area (Å²) in [5, 5.41) is 12.2. The Bertz CT molecular complexity index is 1060. The third-order valence-electron chi connectivity index (χ3n) is 5.14. The molecule has 1 heterocycles. The third-order valence-corrected chi connectivity index (χ3v) is 5.35. The summed E-state index contributed by atoms with van der Waals surface area (Å²) in [5.74, 6) is -1.13. The zero-order chi connectivity index (χ0) is 21.1.